The fourth-order valence-corrected chi connectivity index (χ4v) is 1.21. The monoisotopic (exact) mass is 312 g/mol. The molecule has 0 spiro atoms. The highest BCUT2D eigenvalue weighted by Gasteiger charge is 2.03. The van der Waals surface area contributed by atoms with E-state index < -0.39 is 0 Å². The van der Waals surface area contributed by atoms with Crippen LogP contribution in [0.25, 0.3) is 0 Å². The molecule has 5 heteroatoms. The van der Waals surface area contributed by atoms with E-state index in [0.717, 1.165) is 12.2 Å². The summed E-state index contributed by atoms with van der Waals surface area (Å²) in [4.78, 5) is 10.5. The lowest BCUT2D eigenvalue weighted by molar-refractivity contribution is 0.0981. The van der Waals surface area contributed by atoms with Gasteiger partial charge in [-0.15, -0.1) is 0 Å². The van der Waals surface area contributed by atoms with Gasteiger partial charge in [-0.05, 0) is 18.2 Å². The molecule has 22 heavy (non-hydrogen) atoms. The van der Waals surface area contributed by atoms with Gasteiger partial charge >= 0.3 is 0 Å². The van der Waals surface area contributed by atoms with E-state index in [-0.39, 0.29) is 24.1 Å². The highest BCUT2D eigenvalue weighted by atomic mass is 16.5. The van der Waals surface area contributed by atoms with E-state index in [9.17, 15) is 4.79 Å². The normalized spacial score (nSPS) is 8.50. The summed E-state index contributed by atoms with van der Waals surface area (Å²) in [5.74, 6) is 1.36. The van der Waals surface area contributed by atoms with Crippen molar-refractivity contribution < 1.29 is 23.8 Å². The molecular weight excluding hydrogens is 284 g/mol. The van der Waals surface area contributed by atoms with Crippen LogP contribution in [0.15, 0.2) is 33.1 Å². The Labute approximate surface area is 132 Å². The van der Waals surface area contributed by atoms with E-state index in [1.807, 2.05) is 40.7 Å². The molecule has 0 bridgehead atoms. The van der Waals surface area contributed by atoms with Crippen molar-refractivity contribution in [3.8, 4) is 5.95 Å². The Hall–Kier alpha value is -2.01. The highest BCUT2D eigenvalue weighted by Crippen LogP contribution is 2.13. The molecule has 0 aliphatic rings. The number of carbonyl (C=O) groups excluding carboxylic acids is 1. The van der Waals surface area contributed by atoms with Crippen LogP contribution in [-0.2, 0) is 13.0 Å². The number of Topliss-reactive ketones (excluding diaryl/α,β-unsaturated/α-hetero) is 1. The molecule has 0 unspecified atom stereocenters. The summed E-state index contributed by atoms with van der Waals surface area (Å²) in [6, 6.07) is 6.43. The van der Waals surface area contributed by atoms with Crippen LogP contribution in [-0.4, -0.2) is 16.0 Å². The maximum atomic E-state index is 10.5. The second-order valence-corrected chi connectivity index (χ2v) is 3.57. The van der Waals surface area contributed by atoms with Crippen LogP contribution in [0.1, 0.15) is 63.6 Å². The predicted octanol–water partition coefficient (Wildman–Crippen LogP) is 4.57. The van der Waals surface area contributed by atoms with Gasteiger partial charge in [0, 0.05) is 19.4 Å². The zero-order chi connectivity index (χ0) is 17.5. The SMILES string of the molecule is CC.CC.CC(=O)c1ccc(O)o1.CCc1ccc(CO)o1. The van der Waals surface area contributed by atoms with Gasteiger partial charge in [0.2, 0.25) is 0 Å². The fraction of sp³-hybridized carbons (Fsp3) is 0.471. The third-order valence-corrected chi connectivity index (χ3v) is 2.16. The molecule has 0 fully saturated rings. The number of aliphatic hydroxyl groups excluding tert-OH is 1. The van der Waals surface area contributed by atoms with Crippen molar-refractivity contribution in [3.05, 3.63) is 41.5 Å². The predicted molar refractivity (Wildman–Crippen MR) is 87.1 cm³/mol. The van der Waals surface area contributed by atoms with Crippen molar-refractivity contribution in [2.45, 2.75) is 54.6 Å². The van der Waals surface area contributed by atoms with Gasteiger partial charge in [-0.25, -0.2) is 0 Å². The summed E-state index contributed by atoms with van der Waals surface area (Å²) in [5, 5.41) is 17.1. The summed E-state index contributed by atoms with van der Waals surface area (Å²) in [5.41, 5.74) is 0. The molecule has 0 aliphatic carbocycles. The van der Waals surface area contributed by atoms with E-state index in [0.29, 0.717) is 5.76 Å². The minimum Gasteiger partial charge on any atom is -0.481 e. The topological polar surface area (TPSA) is 83.8 Å². The van der Waals surface area contributed by atoms with Gasteiger partial charge in [-0.3, -0.25) is 4.79 Å². The maximum absolute atomic E-state index is 10.5. The molecule has 0 radical (unpaired) electrons. The first-order valence-electron chi connectivity index (χ1n) is 7.55. The molecule has 2 aromatic rings. The standard InChI is InChI=1S/C7H10O2.C6H6O3.2C2H6/c1-2-6-3-4-7(5-8)9-6;1-4(7)5-2-3-6(8)9-5;2*1-2/h3-4,8H,2,5H2,1H3;2-3,8H,1H3;2*1-2H3. The number of furan rings is 2. The quantitative estimate of drug-likeness (QED) is 0.811. The van der Waals surface area contributed by atoms with Gasteiger partial charge in [-0.2, -0.15) is 0 Å². The number of aromatic hydroxyl groups is 1. The Morgan fingerprint density at radius 1 is 1.00 bits per heavy atom. The Morgan fingerprint density at radius 3 is 1.77 bits per heavy atom. The van der Waals surface area contributed by atoms with Gasteiger partial charge in [0.1, 0.15) is 18.1 Å². The fourth-order valence-electron chi connectivity index (χ4n) is 1.21. The highest BCUT2D eigenvalue weighted by molar-refractivity contribution is 5.91. The molecule has 2 heterocycles. The molecule has 0 atom stereocenters. The lowest BCUT2D eigenvalue weighted by atomic mass is 10.3. The maximum Gasteiger partial charge on any atom is 0.282 e. The van der Waals surface area contributed by atoms with Crippen LogP contribution in [0.5, 0.6) is 5.95 Å². The van der Waals surface area contributed by atoms with Crippen LogP contribution in [0.2, 0.25) is 0 Å². The number of aliphatic hydroxyl groups is 1. The second kappa shape index (κ2) is 13.9. The van der Waals surface area contributed by atoms with Gasteiger partial charge in [0.05, 0.1) is 0 Å². The molecule has 2 aromatic heterocycles. The third kappa shape index (κ3) is 9.02. The van der Waals surface area contributed by atoms with Crippen molar-refractivity contribution in [3.63, 3.8) is 0 Å². The van der Waals surface area contributed by atoms with Crippen LogP contribution >= 0.6 is 0 Å². The molecule has 0 aliphatic heterocycles. The molecule has 126 valence electrons. The summed E-state index contributed by atoms with van der Waals surface area (Å²) in [6.45, 7) is 11.4. The Balaban J connectivity index is 0. The van der Waals surface area contributed by atoms with Gasteiger partial charge in [-0.1, -0.05) is 34.6 Å². The molecule has 5 nitrogen and oxygen atoms in total. The van der Waals surface area contributed by atoms with Crippen LogP contribution < -0.4 is 0 Å². The van der Waals surface area contributed by atoms with Crippen molar-refractivity contribution in [1.29, 1.82) is 0 Å². The Kier molecular flexibility index (Phi) is 14.1. The van der Waals surface area contributed by atoms with E-state index in [1.54, 1.807) is 6.07 Å². The van der Waals surface area contributed by atoms with Gasteiger partial charge in [0.25, 0.3) is 5.95 Å². The summed E-state index contributed by atoms with van der Waals surface area (Å²) < 4.78 is 9.68. The first-order valence-corrected chi connectivity index (χ1v) is 7.55. The molecule has 2 rings (SSSR count). The van der Waals surface area contributed by atoms with Gasteiger partial charge < -0.3 is 19.0 Å². The van der Waals surface area contributed by atoms with Crippen LogP contribution in [0, 0.1) is 0 Å². The first kappa shape index (κ1) is 22.3. The van der Waals surface area contributed by atoms with E-state index in [1.165, 1.54) is 19.1 Å². The first-order chi connectivity index (χ1) is 10.6. The molecule has 2 N–H and O–H groups in total. The number of ketones is 1. The van der Waals surface area contributed by atoms with Crippen molar-refractivity contribution >= 4 is 5.78 Å². The van der Waals surface area contributed by atoms with Gasteiger partial charge in [0.15, 0.2) is 11.5 Å². The van der Waals surface area contributed by atoms with Crippen molar-refractivity contribution in [2.24, 2.45) is 0 Å². The minimum atomic E-state index is -0.222. The second-order valence-electron chi connectivity index (χ2n) is 3.57. The van der Waals surface area contributed by atoms with E-state index >= 15 is 0 Å². The molecule has 0 aromatic carbocycles. The van der Waals surface area contributed by atoms with Crippen LogP contribution in [0.4, 0.5) is 0 Å². The van der Waals surface area contributed by atoms with E-state index in [4.69, 9.17) is 14.6 Å². The van der Waals surface area contributed by atoms with Crippen molar-refractivity contribution in [1.82, 2.24) is 0 Å². The third-order valence-electron chi connectivity index (χ3n) is 2.16. The Morgan fingerprint density at radius 2 is 1.55 bits per heavy atom. The number of rotatable bonds is 3. The lowest BCUT2D eigenvalue weighted by Gasteiger charge is -1.86. The van der Waals surface area contributed by atoms with Crippen molar-refractivity contribution in [2.75, 3.05) is 0 Å². The number of hydrogen-bond donors (Lipinski definition) is 2. The number of carbonyl (C=O) groups is 1. The molecule has 0 saturated heterocycles. The molecule has 0 amide bonds. The molecule has 0 saturated carbocycles. The minimum absolute atomic E-state index is 0. The lowest BCUT2D eigenvalue weighted by Crippen LogP contribution is -1.85. The largest absolute Gasteiger partial charge is 0.481 e. The summed E-state index contributed by atoms with van der Waals surface area (Å²) in [6.07, 6.45) is 0.889. The number of aryl methyl sites for hydroxylation is 1. The summed E-state index contributed by atoms with van der Waals surface area (Å²) >= 11 is 0. The zero-order valence-corrected chi connectivity index (χ0v) is 14.3. The smallest absolute Gasteiger partial charge is 0.282 e. The summed E-state index contributed by atoms with van der Waals surface area (Å²) in [7, 11) is 0. The Bertz CT molecular complexity index is 478. The average Bonchev–Trinajstić information content (AvgIpc) is 3.20. The molecular formula is C17H28O5. The van der Waals surface area contributed by atoms with E-state index in [2.05, 4.69) is 4.42 Å². The number of hydrogen-bond acceptors (Lipinski definition) is 5. The average molecular weight is 312 g/mol. The van der Waals surface area contributed by atoms with Crippen LogP contribution in [0.3, 0.4) is 0 Å². The zero-order valence-electron chi connectivity index (χ0n) is 14.3.